The molecule has 4 heteroatoms. The minimum atomic E-state index is -0.365. The Morgan fingerprint density at radius 2 is 2.55 bits per heavy atom. The minimum absolute atomic E-state index is 0.156. The first kappa shape index (κ1) is 7.35. The predicted octanol–water partition coefficient (Wildman–Crippen LogP) is -0.240. The molecule has 0 aliphatic rings. The van der Waals surface area contributed by atoms with Crippen LogP contribution in [-0.2, 0) is 0 Å². The highest BCUT2D eigenvalue weighted by atomic mass is 16.5. The van der Waals surface area contributed by atoms with Gasteiger partial charge in [-0.15, -0.1) is 6.42 Å². The quantitative estimate of drug-likeness (QED) is 0.562. The van der Waals surface area contributed by atoms with Crippen molar-refractivity contribution in [2.24, 2.45) is 0 Å². The van der Waals surface area contributed by atoms with E-state index in [9.17, 15) is 4.79 Å². The highest BCUT2D eigenvalue weighted by Gasteiger charge is 1.98. The molecule has 0 aliphatic heterocycles. The van der Waals surface area contributed by atoms with E-state index in [0.717, 1.165) is 0 Å². The third-order valence-electron chi connectivity index (χ3n) is 1.12. The first-order valence-electron chi connectivity index (χ1n) is 2.88. The zero-order valence-corrected chi connectivity index (χ0v) is 5.92. The molecule has 1 aromatic heterocycles. The third kappa shape index (κ3) is 1.38. The highest BCUT2D eigenvalue weighted by Crippen LogP contribution is 1.95. The van der Waals surface area contributed by atoms with Crippen molar-refractivity contribution in [1.82, 2.24) is 9.97 Å². The van der Waals surface area contributed by atoms with E-state index in [1.54, 1.807) is 0 Å². The van der Waals surface area contributed by atoms with Crippen molar-refractivity contribution in [2.75, 3.05) is 7.11 Å². The molecule has 1 heterocycles. The molecule has 0 amide bonds. The van der Waals surface area contributed by atoms with E-state index in [2.05, 4.69) is 20.6 Å². The smallest absolute Gasteiger partial charge is 0.294 e. The average Bonchev–Trinajstić information content (AvgIpc) is 2.04. The molecule has 1 aromatic rings. The van der Waals surface area contributed by atoms with Crippen LogP contribution in [0.15, 0.2) is 11.0 Å². The van der Waals surface area contributed by atoms with Gasteiger partial charge >= 0.3 is 0 Å². The lowest BCUT2D eigenvalue weighted by molar-refractivity contribution is 0.405. The fourth-order valence-corrected chi connectivity index (χ4v) is 0.602. The molecule has 0 aromatic carbocycles. The van der Waals surface area contributed by atoms with Crippen molar-refractivity contribution in [1.29, 1.82) is 0 Å². The van der Waals surface area contributed by atoms with Gasteiger partial charge in [0.2, 0.25) is 5.75 Å². The number of H-pyrrole nitrogens is 1. The van der Waals surface area contributed by atoms with Crippen molar-refractivity contribution >= 4 is 0 Å². The average molecular weight is 150 g/mol. The lowest BCUT2D eigenvalue weighted by Crippen LogP contribution is -2.11. The number of ether oxygens (including phenoxy) is 1. The van der Waals surface area contributed by atoms with Crippen LogP contribution in [0.5, 0.6) is 5.75 Å². The van der Waals surface area contributed by atoms with Gasteiger partial charge < -0.3 is 4.74 Å². The van der Waals surface area contributed by atoms with Crippen molar-refractivity contribution in [3.63, 3.8) is 0 Å². The molecular weight excluding hydrogens is 144 g/mol. The van der Waals surface area contributed by atoms with Crippen LogP contribution in [0, 0.1) is 12.3 Å². The van der Waals surface area contributed by atoms with Gasteiger partial charge in [0.1, 0.15) is 0 Å². The predicted molar refractivity (Wildman–Crippen MR) is 39.3 cm³/mol. The summed E-state index contributed by atoms with van der Waals surface area (Å²) in [6.07, 6.45) is 6.27. The Hall–Kier alpha value is -1.76. The molecular formula is C7H6N2O2. The van der Waals surface area contributed by atoms with Crippen LogP contribution < -0.4 is 10.3 Å². The third-order valence-corrected chi connectivity index (χ3v) is 1.12. The van der Waals surface area contributed by atoms with Crippen LogP contribution in [0.1, 0.15) is 5.82 Å². The summed E-state index contributed by atoms with van der Waals surface area (Å²) in [6, 6.07) is 0. The molecule has 1 N–H and O–H groups in total. The summed E-state index contributed by atoms with van der Waals surface area (Å²) in [5.74, 6) is 2.56. The van der Waals surface area contributed by atoms with Crippen molar-refractivity contribution < 1.29 is 4.74 Å². The molecule has 0 unspecified atom stereocenters. The minimum Gasteiger partial charge on any atom is -0.490 e. The fourth-order valence-electron chi connectivity index (χ4n) is 0.602. The van der Waals surface area contributed by atoms with Crippen molar-refractivity contribution in [2.45, 2.75) is 0 Å². The van der Waals surface area contributed by atoms with E-state index in [1.807, 2.05) is 0 Å². The Bertz CT molecular complexity index is 348. The lowest BCUT2D eigenvalue weighted by atomic mass is 10.5. The monoisotopic (exact) mass is 150 g/mol. The summed E-state index contributed by atoms with van der Waals surface area (Å²) >= 11 is 0. The standard InChI is InChI=1S/C7H6N2O2/c1-3-6-8-4-5(11-2)7(10)9-6/h1,4H,2H3,(H,8,9,10). The molecule has 11 heavy (non-hydrogen) atoms. The van der Waals surface area contributed by atoms with Gasteiger partial charge in [0.05, 0.1) is 13.3 Å². The van der Waals surface area contributed by atoms with Gasteiger partial charge in [-0.1, -0.05) is 0 Å². The first-order chi connectivity index (χ1) is 5.27. The van der Waals surface area contributed by atoms with Crippen molar-refractivity contribution in [3.05, 3.63) is 22.4 Å². The Balaban J connectivity index is 3.23. The molecule has 0 saturated heterocycles. The Morgan fingerprint density at radius 1 is 1.82 bits per heavy atom. The van der Waals surface area contributed by atoms with Crippen LogP contribution in [0.25, 0.3) is 0 Å². The number of nitrogens with zero attached hydrogens (tertiary/aromatic N) is 1. The number of rotatable bonds is 1. The zero-order chi connectivity index (χ0) is 8.27. The number of hydrogen-bond acceptors (Lipinski definition) is 3. The normalized spacial score (nSPS) is 8.73. The maximum absolute atomic E-state index is 10.9. The molecule has 0 fully saturated rings. The number of terminal acetylenes is 1. The summed E-state index contributed by atoms with van der Waals surface area (Å²) in [6.45, 7) is 0. The van der Waals surface area contributed by atoms with Crippen LogP contribution in [0.3, 0.4) is 0 Å². The molecule has 0 saturated carbocycles. The second kappa shape index (κ2) is 2.88. The van der Waals surface area contributed by atoms with E-state index in [-0.39, 0.29) is 17.1 Å². The number of aromatic nitrogens is 2. The van der Waals surface area contributed by atoms with Gasteiger partial charge in [-0.3, -0.25) is 9.78 Å². The second-order valence-electron chi connectivity index (χ2n) is 1.77. The molecule has 1 rings (SSSR count). The lowest BCUT2D eigenvalue weighted by Gasteiger charge is -1.95. The molecule has 56 valence electrons. The van der Waals surface area contributed by atoms with Crippen LogP contribution in [0.2, 0.25) is 0 Å². The Morgan fingerprint density at radius 3 is 3.00 bits per heavy atom. The maximum atomic E-state index is 10.9. The van der Waals surface area contributed by atoms with Crippen LogP contribution >= 0.6 is 0 Å². The van der Waals surface area contributed by atoms with E-state index in [0.29, 0.717) is 0 Å². The second-order valence-corrected chi connectivity index (χ2v) is 1.77. The van der Waals surface area contributed by atoms with Gasteiger partial charge in [-0.25, -0.2) is 4.98 Å². The summed E-state index contributed by atoms with van der Waals surface area (Å²) in [4.78, 5) is 17.0. The van der Waals surface area contributed by atoms with Crippen LogP contribution in [-0.4, -0.2) is 17.1 Å². The first-order valence-corrected chi connectivity index (χ1v) is 2.88. The summed E-state index contributed by atoms with van der Waals surface area (Å²) in [7, 11) is 1.39. The van der Waals surface area contributed by atoms with Gasteiger partial charge in [-0.05, 0) is 5.92 Å². The molecule has 4 nitrogen and oxygen atoms in total. The van der Waals surface area contributed by atoms with E-state index in [4.69, 9.17) is 6.42 Å². The SMILES string of the molecule is C#Cc1ncc(OC)c(=O)[nH]1. The number of aromatic amines is 1. The molecule has 0 bridgehead atoms. The summed E-state index contributed by atoms with van der Waals surface area (Å²) < 4.78 is 4.67. The Kier molecular flexibility index (Phi) is 1.93. The van der Waals surface area contributed by atoms with Crippen molar-refractivity contribution in [3.8, 4) is 18.1 Å². The van der Waals surface area contributed by atoms with Gasteiger partial charge in [-0.2, -0.15) is 0 Å². The van der Waals surface area contributed by atoms with Gasteiger partial charge in [0.25, 0.3) is 5.56 Å². The van der Waals surface area contributed by atoms with Gasteiger partial charge in [0.15, 0.2) is 5.82 Å². The topological polar surface area (TPSA) is 55.0 Å². The highest BCUT2D eigenvalue weighted by molar-refractivity contribution is 5.20. The summed E-state index contributed by atoms with van der Waals surface area (Å²) in [5, 5.41) is 0. The fraction of sp³-hybridized carbons (Fsp3) is 0.143. The van der Waals surface area contributed by atoms with E-state index >= 15 is 0 Å². The number of nitrogens with one attached hydrogen (secondary N) is 1. The van der Waals surface area contributed by atoms with Crippen LogP contribution in [0.4, 0.5) is 0 Å². The number of methoxy groups -OCH3 is 1. The largest absolute Gasteiger partial charge is 0.490 e. The zero-order valence-electron chi connectivity index (χ0n) is 5.92. The van der Waals surface area contributed by atoms with Gasteiger partial charge in [0, 0.05) is 0 Å². The van der Waals surface area contributed by atoms with E-state index in [1.165, 1.54) is 13.3 Å². The molecule has 0 aliphatic carbocycles. The molecule has 0 radical (unpaired) electrons. The molecule has 0 atom stereocenters. The maximum Gasteiger partial charge on any atom is 0.294 e. The van der Waals surface area contributed by atoms with E-state index < -0.39 is 0 Å². The molecule has 0 spiro atoms. The Labute approximate surface area is 63.2 Å². The summed E-state index contributed by atoms with van der Waals surface area (Å²) in [5.41, 5.74) is -0.365. The number of hydrogen-bond donors (Lipinski definition) is 1.